The SMILES string of the molecule is CCOC(=O)N1CCN(CCCCCOc2ccc(C(C)(C)CC)cc2Cl)CC1. The van der Waals surface area contributed by atoms with Gasteiger partial charge in [0.2, 0.25) is 0 Å². The van der Waals surface area contributed by atoms with E-state index in [1.807, 2.05) is 19.1 Å². The third-order valence-corrected chi connectivity index (χ3v) is 6.17. The van der Waals surface area contributed by atoms with Crippen LogP contribution in [-0.4, -0.2) is 61.8 Å². The van der Waals surface area contributed by atoms with Gasteiger partial charge in [0.15, 0.2) is 0 Å². The average Bonchev–Trinajstić information content (AvgIpc) is 2.72. The molecule has 1 aromatic carbocycles. The molecule has 0 aromatic heterocycles. The molecule has 0 aliphatic carbocycles. The van der Waals surface area contributed by atoms with Gasteiger partial charge >= 0.3 is 6.09 Å². The zero-order valence-electron chi connectivity index (χ0n) is 18.5. The van der Waals surface area contributed by atoms with Crippen LogP contribution in [0.3, 0.4) is 0 Å². The van der Waals surface area contributed by atoms with Crippen LogP contribution in [0.1, 0.15) is 58.9 Å². The smallest absolute Gasteiger partial charge is 0.409 e. The van der Waals surface area contributed by atoms with Crippen molar-refractivity contribution < 1.29 is 14.3 Å². The van der Waals surface area contributed by atoms with Crippen molar-refractivity contribution in [2.75, 3.05) is 45.9 Å². The molecule has 164 valence electrons. The highest BCUT2D eigenvalue weighted by Crippen LogP contribution is 2.33. The lowest BCUT2D eigenvalue weighted by Crippen LogP contribution is -2.49. The van der Waals surface area contributed by atoms with Gasteiger partial charge < -0.3 is 14.4 Å². The Kier molecular flexibility index (Phi) is 9.57. The minimum atomic E-state index is -0.186. The molecule has 0 spiro atoms. The van der Waals surface area contributed by atoms with Gasteiger partial charge in [-0.05, 0) is 62.3 Å². The average molecular weight is 425 g/mol. The summed E-state index contributed by atoms with van der Waals surface area (Å²) < 4.78 is 11.0. The highest BCUT2D eigenvalue weighted by Gasteiger charge is 2.21. The van der Waals surface area contributed by atoms with Crippen LogP contribution in [0.2, 0.25) is 5.02 Å². The van der Waals surface area contributed by atoms with Crippen molar-refractivity contribution >= 4 is 17.7 Å². The van der Waals surface area contributed by atoms with Gasteiger partial charge in [-0.1, -0.05) is 38.4 Å². The number of piperazine rings is 1. The van der Waals surface area contributed by atoms with E-state index in [2.05, 4.69) is 31.7 Å². The number of unbranched alkanes of at least 4 members (excludes halogenated alkanes) is 2. The highest BCUT2D eigenvalue weighted by atomic mass is 35.5. The van der Waals surface area contributed by atoms with Crippen molar-refractivity contribution in [1.82, 2.24) is 9.80 Å². The predicted octanol–water partition coefficient (Wildman–Crippen LogP) is 5.35. The van der Waals surface area contributed by atoms with Crippen molar-refractivity contribution in [3.8, 4) is 5.75 Å². The molecule has 0 saturated carbocycles. The van der Waals surface area contributed by atoms with Crippen LogP contribution in [-0.2, 0) is 10.2 Å². The van der Waals surface area contributed by atoms with Crippen molar-refractivity contribution in [3.63, 3.8) is 0 Å². The lowest BCUT2D eigenvalue weighted by atomic mass is 9.82. The Hall–Kier alpha value is -1.46. The van der Waals surface area contributed by atoms with Gasteiger partial charge in [-0.25, -0.2) is 4.79 Å². The van der Waals surface area contributed by atoms with Gasteiger partial charge in [0, 0.05) is 26.2 Å². The molecule has 0 N–H and O–H groups in total. The zero-order valence-corrected chi connectivity index (χ0v) is 19.3. The van der Waals surface area contributed by atoms with Gasteiger partial charge in [-0.2, -0.15) is 0 Å². The van der Waals surface area contributed by atoms with Gasteiger partial charge in [0.25, 0.3) is 0 Å². The Bertz CT molecular complexity index is 643. The fourth-order valence-electron chi connectivity index (χ4n) is 3.41. The van der Waals surface area contributed by atoms with E-state index in [1.54, 1.807) is 4.90 Å². The van der Waals surface area contributed by atoms with Crippen LogP contribution in [0.4, 0.5) is 4.79 Å². The van der Waals surface area contributed by atoms with E-state index >= 15 is 0 Å². The Labute approximate surface area is 181 Å². The van der Waals surface area contributed by atoms with Crippen LogP contribution in [0.5, 0.6) is 5.75 Å². The highest BCUT2D eigenvalue weighted by molar-refractivity contribution is 6.32. The van der Waals surface area contributed by atoms with Crippen molar-refractivity contribution in [1.29, 1.82) is 0 Å². The Morgan fingerprint density at radius 3 is 2.45 bits per heavy atom. The lowest BCUT2D eigenvalue weighted by molar-refractivity contribution is 0.0791. The molecule has 0 atom stereocenters. The molecule has 0 bridgehead atoms. The van der Waals surface area contributed by atoms with E-state index < -0.39 is 0 Å². The molecule has 1 aliphatic rings. The summed E-state index contributed by atoms with van der Waals surface area (Å²) in [7, 11) is 0. The first-order valence-corrected chi connectivity index (χ1v) is 11.3. The molecule has 6 heteroatoms. The molecule has 5 nitrogen and oxygen atoms in total. The summed E-state index contributed by atoms with van der Waals surface area (Å²) in [6.45, 7) is 14.0. The second kappa shape index (κ2) is 11.7. The number of ether oxygens (including phenoxy) is 2. The van der Waals surface area contributed by atoms with Gasteiger partial charge in [0.05, 0.1) is 18.2 Å². The number of carbonyl (C=O) groups excluding carboxylic acids is 1. The molecule has 1 heterocycles. The normalized spacial score (nSPS) is 15.4. The molecule has 1 aliphatic heterocycles. The quantitative estimate of drug-likeness (QED) is 0.474. The maximum absolute atomic E-state index is 11.7. The third-order valence-electron chi connectivity index (χ3n) is 5.87. The number of halogens is 1. The van der Waals surface area contributed by atoms with E-state index in [0.717, 1.165) is 64.2 Å². The Morgan fingerprint density at radius 1 is 1.10 bits per heavy atom. The summed E-state index contributed by atoms with van der Waals surface area (Å²) in [4.78, 5) is 15.9. The second-order valence-corrected chi connectivity index (χ2v) is 8.73. The van der Waals surface area contributed by atoms with E-state index in [4.69, 9.17) is 21.1 Å². The molecule has 1 amide bonds. The minimum absolute atomic E-state index is 0.129. The summed E-state index contributed by atoms with van der Waals surface area (Å²) in [6, 6.07) is 6.16. The van der Waals surface area contributed by atoms with Crippen molar-refractivity contribution in [2.45, 2.75) is 58.8 Å². The first-order chi connectivity index (χ1) is 13.9. The molecular weight excluding hydrogens is 388 g/mol. The summed E-state index contributed by atoms with van der Waals surface area (Å²) in [6.07, 6.45) is 4.16. The van der Waals surface area contributed by atoms with E-state index in [-0.39, 0.29) is 11.5 Å². The number of benzene rings is 1. The topological polar surface area (TPSA) is 42.0 Å². The number of hydrogen-bond acceptors (Lipinski definition) is 4. The van der Waals surface area contributed by atoms with E-state index in [0.29, 0.717) is 18.2 Å². The molecule has 1 aromatic rings. The van der Waals surface area contributed by atoms with Crippen LogP contribution >= 0.6 is 11.6 Å². The molecule has 29 heavy (non-hydrogen) atoms. The maximum atomic E-state index is 11.7. The first kappa shape index (κ1) is 23.8. The van der Waals surface area contributed by atoms with E-state index in [9.17, 15) is 4.79 Å². The number of carbonyl (C=O) groups is 1. The number of nitrogens with zero attached hydrogens (tertiary/aromatic N) is 2. The summed E-state index contributed by atoms with van der Waals surface area (Å²) >= 11 is 6.42. The summed E-state index contributed by atoms with van der Waals surface area (Å²) in [5.41, 5.74) is 1.38. The minimum Gasteiger partial charge on any atom is -0.492 e. The molecule has 1 fully saturated rings. The molecule has 2 rings (SSSR count). The number of amides is 1. The fraction of sp³-hybridized carbons (Fsp3) is 0.696. The fourth-order valence-corrected chi connectivity index (χ4v) is 3.64. The number of hydrogen-bond donors (Lipinski definition) is 0. The van der Waals surface area contributed by atoms with Gasteiger partial charge in [0.1, 0.15) is 5.75 Å². The zero-order chi connectivity index (χ0) is 21.3. The van der Waals surface area contributed by atoms with Crippen LogP contribution in [0.15, 0.2) is 18.2 Å². The second-order valence-electron chi connectivity index (χ2n) is 8.32. The summed E-state index contributed by atoms with van der Waals surface area (Å²) in [5, 5.41) is 0.698. The monoisotopic (exact) mass is 424 g/mol. The molecular formula is C23H37ClN2O3. The molecule has 0 radical (unpaired) electrons. The lowest BCUT2D eigenvalue weighted by Gasteiger charge is -2.34. The van der Waals surface area contributed by atoms with Crippen LogP contribution < -0.4 is 4.74 Å². The molecule has 1 saturated heterocycles. The van der Waals surface area contributed by atoms with Crippen LogP contribution in [0.25, 0.3) is 0 Å². The summed E-state index contributed by atoms with van der Waals surface area (Å²) in [5.74, 6) is 0.775. The molecule has 0 unspecified atom stereocenters. The third kappa shape index (κ3) is 7.38. The first-order valence-electron chi connectivity index (χ1n) is 10.9. The predicted molar refractivity (Wildman–Crippen MR) is 119 cm³/mol. The largest absolute Gasteiger partial charge is 0.492 e. The number of rotatable bonds is 10. The van der Waals surface area contributed by atoms with Crippen LogP contribution in [0, 0.1) is 0 Å². The van der Waals surface area contributed by atoms with Crippen molar-refractivity contribution in [2.24, 2.45) is 0 Å². The van der Waals surface area contributed by atoms with E-state index in [1.165, 1.54) is 5.56 Å². The van der Waals surface area contributed by atoms with Gasteiger partial charge in [-0.3, -0.25) is 4.90 Å². The Balaban J connectivity index is 1.60. The standard InChI is InChI=1S/C23H37ClN2O3/c1-5-23(3,4)19-10-11-21(20(24)18-19)29-17-9-7-8-12-25-13-15-26(16-14-25)22(27)28-6-2/h10-11,18H,5-9,12-17H2,1-4H3. The van der Waals surface area contributed by atoms with Crippen molar-refractivity contribution in [3.05, 3.63) is 28.8 Å². The van der Waals surface area contributed by atoms with Gasteiger partial charge in [-0.15, -0.1) is 0 Å². The maximum Gasteiger partial charge on any atom is 0.409 e. The Morgan fingerprint density at radius 2 is 1.83 bits per heavy atom.